The highest BCUT2D eigenvalue weighted by molar-refractivity contribution is 7.89. The number of rotatable bonds is 8. The molecule has 114 valence electrons. The zero-order chi connectivity index (χ0) is 15.3. The molecule has 0 aliphatic heterocycles. The van der Waals surface area contributed by atoms with Crippen molar-refractivity contribution < 1.29 is 28.2 Å². The summed E-state index contributed by atoms with van der Waals surface area (Å²) in [7, 11) is -2.53. The first-order valence-corrected chi connectivity index (χ1v) is 7.39. The van der Waals surface area contributed by atoms with Crippen LogP contribution in [0.4, 0.5) is 0 Å². The predicted octanol–water partition coefficient (Wildman–Crippen LogP) is -0.508. The molecule has 1 rings (SSSR count). The highest BCUT2D eigenvalue weighted by Crippen LogP contribution is 2.15. The molecule has 1 heterocycles. The third-order valence-corrected chi connectivity index (χ3v) is 4.14. The maximum atomic E-state index is 12.1. The van der Waals surface area contributed by atoms with Gasteiger partial charge >= 0.3 is 5.97 Å². The Morgan fingerprint density at radius 3 is 2.60 bits per heavy atom. The largest absolute Gasteiger partial charge is 0.477 e. The Labute approximate surface area is 117 Å². The first-order valence-electron chi connectivity index (χ1n) is 5.91. The molecule has 0 saturated carbocycles. The molecule has 3 N–H and O–H groups in total. The minimum absolute atomic E-state index is 0.00992. The summed E-state index contributed by atoms with van der Waals surface area (Å²) in [6.45, 7) is 1.62. The number of methoxy groups -OCH3 is 1. The van der Waals surface area contributed by atoms with Gasteiger partial charge in [0.2, 0.25) is 10.0 Å². The van der Waals surface area contributed by atoms with E-state index in [2.05, 4.69) is 4.72 Å². The molecule has 0 aromatic carbocycles. The fourth-order valence-electron chi connectivity index (χ4n) is 1.68. The molecule has 0 saturated heterocycles. The third-order valence-electron chi connectivity index (χ3n) is 2.65. The van der Waals surface area contributed by atoms with Crippen molar-refractivity contribution in [1.29, 1.82) is 0 Å². The molecular weight excluding hydrogens is 288 g/mol. The van der Waals surface area contributed by atoms with Gasteiger partial charge < -0.3 is 19.5 Å². The number of aromatic nitrogens is 1. The lowest BCUT2D eigenvalue weighted by molar-refractivity contribution is 0.0685. The minimum atomic E-state index is -3.91. The molecule has 0 fully saturated rings. The average Bonchev–Trinajstić information content (AvgIpc) is 2.83. The number of nitrogens with one attached hydrogen (secondary N) is 1. The number of sulfonamides is 1. The molecule has 0 aliphatic carbocycles. The van der Waals surface area contributed by atoms with Crippen LogP contribution >= 0.6 is 0 Å². The van der Waals surface area contributed by atoms with Gasteiger partial charge in [0.05, 0.1) is 19.3 Å². The van der Waals surface area contributed by atoms with Crippen LogP contribution < -0.4 is 4.72 Å². The second-order valence-electron chi connectivity index (χ2n) is 4.11. The van der Waals surface area contributed by atoms with E-state index >= 15 is 0 Å². The van der Waals surface area contributed by atoms with Gasteiger partial charge in [0, 0.05) is 19.9 Å². The van der Waals surface area contributed by atoms with Crippen LogP contribution in [0, 0.1) is 0 Å². The number of carboxylic acids is 1. The lowest BCUT2D eigenvalue weighted by Crippen LogP contribution is -2.40. The van der Waals surface area contributed by atoms with E-state index in [9.17, 15) is 13.2 Å². The first kappa shape index (κ1) is 16.6. The van der Waals surface area contributed by atoms with Crippen LogP contribution in [0.25, 0.3) is 0 Å². The molecule has 0 spiro atoms. The molecule has 9 heteroatoms. The van der Waals surface area contributed by atoms with Gasteiger partial charge in [-0.15, -0.1) is 0 Å². The number of nitrogens with zero attached hydrogens (tertiary/aromatic N) is 1. The quantitative estimate of drug-likeness (QED) is 0.595. The Morgan fingerprint density at radius 1 is 1.55 bits per heavy atom. The summed E-state index contributed by atoms with van der Waals surface area (Å²) < 4.78 is 32.5. The van der Waals surface area contributed by atoms with E-state index in [4.69, 9.17) is 14.9 Å². The minimum Gasteiger partial charge on any atom is -0.477 e. The summed E-state index contributed by atoms with van der Waals surface area (Å²) in [5, 5.41) is 18.0. The van der Waals surface area contributed by atoms with Gasteiger partial charge in [-0.2, -0.15) is 0 Å². The molecule has 0 aliphatic rings. The second kappa shape index (κ2) is 6.84. The normalized spacial score (nSPS) is 13.3. The summed E-state index contributed by atoms with van der Waals surface area (Å²) in [5.74, 6) is -1.20. The number of carboxylic acid groups (broad SMARTS) is 1. The number of aliphatic hydroxyl groups excluding tert-OH is 1. The lowest BCUT2D eigenvalue weighted by atomic mass is 10.4. The van der Waals surface area contributed by atoms with E-state index in [0.29, 0.717) is 6.54 Å². The van der Waals surface area contributed by atoms with Crippen molar-refractivity contribution in [2.24, 2.45) is 0 Å². The number of aliphatic hydroxyl groups is 1. The molecule has 0 amide bonds. The number of aromatic carboxylic acids is 1. The highest BCUT2D eigenvalue weighted by Gasteiger charge is 2.23. The molecule has 1 aromatic heterocycles. The molecule has 1 atom stereocenters. The van der Waals surface area contributed by atoms with Crippen molar-refractivity contribution in [3.05, 3.63) is 18.0 Å². The van der Waals surface area contributed by atoms with Crippen molar-refractivity contribution in [3.63, 3.8) is 0 Å². The standard InChI is InChI=1S/C11H18N2O6S/c1-3-13-5-9(4-10(13)11(15)16)20(17,18)12-8(6-14)7-19-2/h4-5,8,12,14H,3,6-7H2,1-2H3,(H,15,16). The third kappa shape index (κ3) is 3.79. The van der Waals surface area contributed by atoms with Gasteiger partial charge in [-0.05, 0) is 13.0 Å². The van der Waals surface area contributed by atoms with Crippen molar-refractivity contribution in [3.8, 4) is 0 Å². The van der Waals surface area contributed by atoms with Crippen LogP contribution in [-0.4, -0.2) is 55.5 Å². The molecular formula is C11H18N2O6S. The maximum absolute atomic E-state index is 12.1. The van der Waals surface area contributed by atoms with Gasteiger partial charge in [-0.3, -0.25) is 0 Å². The number of aryl methyl sites for hydroxylation is 1. The smallest absolute Gasteiger partial charge is 0.352 e. The van der Waals surface area contributed by atoms with Crippen LogP contribution in [-0.2, 0) is 21.3 Å². The van der Waals surface area contributed by atoms with Crippen molar-refractivity contribution in [1.82, 2.24) is 9.29 Å². The van der Waals surface area contributed by atoms with Crippen LogP contribution in [0.15, 0.2) is 17.2 Å². The number of hydrogen-bond donors (Lipinski definition) is 3. The Bertz CT molecular complexity index is 565. The van der Waals surface area contributed by atoms with Gasteiger partial charge in [-0.1, -0.05) is 0 Å². The number of ether oxygens (including phenoxy) is 1. The number of hydrogen-bond acceptors (Lipinski definition) is 5. The van der Waals surface area contributed by atoms with Crippen molar-refractivity contribution in [2.45, 2.75) is 24.4 Å². The van der Waals surface area contributed by atoms with Crippen molar-refractivity contribution >= 4 is 16.0 Å². The predicted molar refractivity (Wildman–Crippen MR) is 70.1 cm³/mol. The fraction of sp³-hybridized carbons (Fsp3) is 0.545. The molecule has 8 nitrogen and oxygen atoms in total. The Hall–Kier alpha value is -1.42. The second-order valence-corrected chi connectivity index (χ2v) is 5.82. The zero-order valence-electron chi connectivity index (χ0n) is 11.2. The van der Waals surface area contributed by atoms with Crippen LogP contribution in [0.1, 0.15) is 17.4 Å². The zero-order valence-corrected chi connectivity index (χ0v) is 12.1. The van der Waals surface area contributed by atoms with Crippen molar-refractivity contribution in [2.75, 3.05) is 20.3 Å². The molecule has 0 bridgehead atoms. The van der Waals surface area contributed by atoms with Crippen LogP contribution in [0.5, 0.6) is 0 Å². The van der Waals surface area contributed by atoms with Gasteiger partial charge in [0.25, 0.3) is 0 Å². The highest BCUT2D eigenvalue weighted by atomic mass is 32.2. The number of carbonyl (C=O) groups is 1. The van der Waals surface area contributed by atoms with Gasteiger partial charge in [0.1, 0.15) is 10.6 Å². The molecule has 1 aromatic rings. The molecule has 0 radical (unpaired) electrons. The van der Waals surface area contributed by atoms with E-state index in [1.807, 2.05) is 0 Å². The summed E-state index contributed by atoms with van der Waals surface area (Å²) in [4.78, 5) is 10.8. The summed E-state index contributed by atoms with van der Waals surface area (Å²) in [5.41, 5.74) is -0.111. The fourth-order valence-corrected chi connectivity index (χ4v) is 2.93. The van der Waals surface area contributed by atoms with E-state index in [1.54, 1.807) is 6.92 Å². The van der Waals surface area contributed by atoms with Gasteiger partial charge in [0.15, 0.2) is 0 Å². The SMILES string of the molecule is CCn1cc(S(=O)(=O)NC(CO)COC)cc1C(=O)O. The Morgan fingerprint density at radius 2 is 2.20 bits per heavy atom. The van der Waals surface area contributed by atoms with E-state index in [-0.39, 0.29) is 17.2 Å². The van der Waals surface area contributed by atoms with E-state index < -0.39 is 28.6 Å². The van der Waals surface area contributed by atoms with Crippen LogP contribution in [0.3, 0.4) is 0 Å². The van der Waals surface area contributed by atoms with E-state index in [1.165, 1.54) is 17.9 Å². The summed E-state index contributed by atoms with van der Waals surface area (Å²) >= 11 is 0. The summed E-state index contributed by atoms with van der Waals surface area (Å²) in [6, 6.07) is 0.290. The van der Waals surface area contributed by atoms with E-state index in [0.717, 1.165) is 6.07 Å². The topological polar surface area (TPSA) is 118 Å². The Balaban J connectivity index is 3.06. The molecule has 1 unspecified atom stereocenters. The lowest BCUT2D eigenvalue weighted by Gasteiger charge is -2.14. The van der Waals surface area contributed by atoms with Gasteiger partial charge in [-0.25, -0.2) is 17.9 Å². The average molecular weight is 306 g/mol. The van der Waals surface area contributed by atoms with Crippen LogP contribution in [0.2, 0.25) is 0 Å². The summed E-state index contributed by atoms with van der Waals surface area (Å²) in [6.07, 6.45) is 1.24. The monoisotopic (exact) mass is 306 g/mol. The Kier molecular flexibility index (Phi) is 5.69. The first-order chi connectivity index (χ1) is 9.35. The maximum Gasteiger partial charge on any atom is 0.352 e. The molecule has 20 heavy (non-hydrogen) atoms.